The molecule has 1 aromatic carbocycles. The van der Waals surface area contributed by atoms with Crippen molar-refractivity contribution in [3.63, 3.8) is 0 Å². The number of fused-ring (bicyclic) bond motifs is 1. The molecule has 3 aromatic rings. The van der Waals surface area contributed by atoms with E-state index in [1.165, 1.54) is 0 Å². The third kappa shape index (κ3) is 2.60. The number of benzene rings is 1. The topological polar surface area (TPSA) is 72.2 Å². The van der Waals surface area contributed by atoms with Crippen LogP contribution in [0, 0.1) is 20.8 Å². The number of hydrogen-bond acceptors (Lipinski definition) is 4. The van der Waals surface area contributed by atoms with Gasteiger partial charge in [-0.2, -0.15) is 9.50 Å². The van der Waals surface area contributed by atoms with E-state index >= 15 is 0 Å². The lowest BCUT2D eigenvalue weighted by molar-refractivity contribution is 0.102. The molecule has 3 rings (SSSR count). The predicted octanol–water partition coefficient (Wildman–Crippen LogP) is 2.30. The van der Waals surface area contributed by atoms with Crippen molar-refractivity contribution in [2.24, 2.45) is 0 Å². The van der Waals surface area contributed by atoms with Crippen LogP contribution in [-0.4, -0.2) is 25.5 Å². The second kappa shape index (κ2) is 4.97. The molecule has 0 aliphatic heterocycles. The second-order valence-corrected chi connectivity index (χ2v) is 5.01. The SMILES string of the molecule is Cc1cccc(C(=O)Nc2nc3nc(C)cc(C)n3n2)c1. The van der Waals surface area contributed by atoms with Gasteiger partial charge in [0.2, 0.25) is 0 Å². The summed E-state index contributed by atoms with van der Waals surface area (Å²) in [7, 11) is 0. The van der Waals surface area contributed by atoms with Gasteiger partial charge >= 0.3 is 0 Å². The number of nitrogens with one attached hydrogen (secondary N) is 1. The third-order valence-corrected chi connectivity index (χ3v) is 3.12. The molecule has 0 fully saturated rings. The lowest BCUT2D eigenvalue weighted by atomic mass is 10.1. The van der Waals surface area contributed by atoms with Gasteiger partial charge in [-0.05, 0) is 39.0 Å². The number of hydrogen-bond donors (Lipinski definition) is 1. The molecular formula is C15H15N5O. The van der Waals surface area contributed by atoms with E-state index in [0.29, 0.717) is 11.3 Å². The van der Waals surface area contributed by atoms with Crippen LogP contribution in [0.1, 0.15) is 27.3 Å². The molecule has 0 atom stereocenters. The van der Waals surface area contributed by atoms with Gasteiger partial charge in [-0.25, -0.2) is 4.98 Å². The molecule has 0 saturated carbocycles. The highest BCUT2D eigenvalue weighted by Crippen LogP contribution is 2.10. The molecule has 0 unspecified atom stereocenters. The fourth-order valence-corrected chi connectivity index (χ4v) is 2.18. The van der Waals surface area contributed by atoms with Crippen molar-refractivity contribution in [1.29, 1.82) is 0 Å². The van der Waals surface area contributed by atoms with E-state index in [9.17, 15) is 4.79 Å². The van der Waals surface area contributed by atoms with Crippen LogP contribution in [0.4, 0.5) is 5.95 Å². The van der Waals surface area contributed by atoms with Gasteiger partial charge < -0.3 is 0 Å². The monoisotopic (exact) mass is 281 g/mol. The quantitative estimate of drug-likeness (QED) is 0.782. The minimum absolute atomic E-state index is 0.232. The Bertz CT molecular complexity index is 837. The highest BCUT2D eigenvalue weighted by atomic mass is 16.1. The fraction of sp³-hybridized carbons (Fsp3) is 0.200. The van der Waals surface area contributed by atoms with Crippen molar-refractivity contribution in [2.45, 2.75) is 20.8 Å². The molecule has 106 valence electrons. The zero-order chi connectivity index (χ0) is 15.0. The number of aryl methyl sites for hydroxylation is 3. The molecule has 0 aliphatic rings. The van der Waals surface area contributed by atoms with E-state index in [4.69, 9.17) is 0 Å². The molecule has 6 heteroatoms. The number of carbonyl (C=O) groups excluding carboxylic acids is 1. The summed E-state index contributed by atoms with van der Waals surface area (Å²) >= 11 is 0. The van der Waals surface area contributed by atoms with Crippen LogP contribution in [0.15, 0.2) is 30.3 Å². The largest absolute Gasteiger partial charge is 0.289 e. The lowest BCUT2D eigenvalue weighted by Gasteiger charge is -2.01. The van der Waals surface area contributed by atoms with Crippen LogP contribution in [-0.2, 0) is 0 Å². The Balaban J connectivity index is 1.91. The number of aromatic nitrogens is 4. The average molecular weight is 281 g/mol. The maximum Gasteiger partial charge on any atom is 0.258 e. The first-order valence-corrected chi connectivity index (χ1v) is 6.62. The summed E-state index contributed by atoms with van der Waals surface area (Å²) in [5.41, 5.74) is 3.39. The summed E-state index contributed by atoms with van der Waals surface area (Å²) in [5, 5.41) is 6.95. The molecule has 2 aromatic heterocycles. The van der Waals surface area contributed by atoms with Crippen molar-refractivity contribution < 1.29 is 4.79 Å². The van der Waals surface area contributed by atoms with Crippen molar-refractivity contribution in [2.75, 3.05) is 5.32 Å². The smallest absolute Gasteiger partial charge is 0.258 e. The molecule has 0 saturated heterocycles. The van der Waals surface area contributed by atoms with Gasteiger partial charge in [0.25, 0.3) is 17.6 Å². The normalized spacial score (nSPS) is 10.8. The van der Waals surface area contributed by atoms with Crippen molar-refractivity contribution in [1.82, 2.24) is 19.6 Å². The minimum Gasteiger partial charge on any atom is -0.289 e. The second-order valence-electron chi connectivity index (χ2n) is 5.01. The Kier molecular flexibility index (Phi) is 3.13. The Morgan fingerprint density at radius 3 is 2.71 bits per heavy atom. The Hall–Kier alpha value is -2.76. The Morgan fingerprint density at radius 2 is 1.95 bits per heavy atom. The summed E-state index contributed by atoms with van der Waals surface area (Å²) in [6, 6.07) is 9.27. The van der Waals surface area contributed by atoms with Crippen LogP contribution in [0.3, 0.4) is 0 Å². The van der Waals surface area contributed by atoms with Gasteiger partial charge in [-0.15, -0.1) is 5.10 Å². The summed E-state index contributed by atoms with van der Waals surface area (Å²) in [6.45, 7) is 5.76. The van der Waals surface area contributed by atoms with Gasteiger partial charge in [0.05, 0.1) is 0 Å². The standard InChI is InChI=1S/C15H15N5O/c1-9-5-4-6-12(7-9)13(21)17-14-18-15-16-10(2)8-11(3)20(15)19-14/h4-8H,1-3H3,(H,17,19,21). The maximum atomic E-state index is 12.2. The van der Waals surface area contributed by atoms with Gasteiger partial charge in [0, 0.05) is 17.0 Å². The Morgan fingerprint density at radius 1 is 1.14 bits per heavy atom. The number of nitrogens with zero attached hydrogens (tertiary/aromatic N) is 4. The van der Waals surface area contributed by atoms with Crippen molar-refractivity contribution >= 4 is 17.6 Å². The Labute approximate surface area is 121 Å². The third-order valence-electron chi connectivity index (χ3n) is 3.12. The van der Waals surface area contributed by atoms with Gasteiger partial charge in [0.1, 0.15) is 0 Å². The first-order valence-electron chi connectivity index (χ1n) is 6.62. The molecule has 6 nitrogen and oxygen atoms in total. The molecule has 0 aliphatic carbocycles. The molecule has 0 spiro atoms. The lowest BCUT2D eigenvalue weighted by Crippen LogP contribution is -2.13. The fourth-order valence-electron chi connectivity index (χ4n) is 2.18. The predicted molar refractivity (Wildman–Crippen MR) is 79.4 cm³/mol. The molecule has 0 radical (unpaired) electrons. The summed E-state index contributed by atoms with van der Waals surface area (Å²) in [4.78, 5) is 20.7. The van der Waals surface area contributed by atoms with Crippen LogP contribution in [0.5, 0.6) is 0 Å². The molecular weight excluding hydrogens is 266 g/mol. The van der Waals surface area contributed by atoms with Gasteiger partial charge in [-0.3, -0.25) is 10.1 Å². The molecule has 0 bridgehead atoms. The summed E-state index contributed by atoms with van der Waals surface area (Å²) in [5.74, 6) is 0.499. The van der Waals surface area contributed by atoms with Crippen molar-refractivity contribution in [3.05, 3.63) is 52.8 Å². The minimum atomic E-state index is -0.232. The van der Waals surface area contributed by atoms with Gasteiger partial charge in [0.15, 0.2) is 0 Å². The number of anilines is 1. The first-order chi connectivity index (χ1) is 10.0. The summed E-state index contributed by atoms with van der Waals surface area (Å²) < 4.78 is 1.61. The highest BCUT2D eigenvalue weighted by molar-refractivity contribution is 6.03. The maximum absolute atomic E-state index is 12.2. The summed E-state index contributed by atoms with van der Waals surface area (Å²) in [6.07, 6.45) is 0. The van der Waals surface area contributed by atoms with E-state index in [1.54, 1.807) is 10.6 Å². The zero-order valence-electron chi connectivity index (χ0n) is 12.1. The zero-order valence-corrected chi connectivity index (χ0v) is 12.1. The van der Waals surface area contributed by atoms with E-state index in [0.717, 1.165) is 17.0 Å². The van der Waals surface area contributed by atoms with Crippen LogP contribution in [0.25, 0.3) is 5.78 Å². The van der Waals surface area contributed by atoms with E-state index in [2.05, 4.69) is 20.4 Å². The highest BCUT2D eigenvalue weighted by Gasteiger charge is 2.12. The van der Waals surface area contributed by atoms with Crippen LogP contribution < -0.4 is 5.32 Å². The first kappa shape index (κ1) is 13.2. The van der Waals surface area contributed by atoms with E-state index in [-0.39, 0.29) is 11.9 Å². The number of amides is 1. The van der Waals surface area contributed by atoms with Crippen molar-refractivity contribution in [3.8, 4) is 0 Å². The van der Waals surface area contributed by atoms with Crippen LogP contribution >= 0.6 is 0 Å². The molecule has 1 N–H and O–H groups in total. The van der Waals surface area contributed by atoms with E-state index < -0.39 is 0 Å². The number of carbonyl (C=O) groups is 1. The van der Waals surface area contributed by atoms with Crippen LogP contribution in [0.2, 0.25) is 0 Å². The molecule has 21 heavy (non-hydrogen) atoms. The number of rotatable bonds is 2. The average Bonchev–Trinajstić information content (AvgIpc) is 2.81. The van der Waals surface area contributed by atoms with E-state index in [1.807, 2.05) is 45.0 Å². The molecule has 1 amide bonds. The van der Waals surface area contributed by atoms with Gasteiger partial charge in [-0.1, -0.05) is 17.7 Å². The molecule has 2 heterocycles.